The minimum absolute atomic E-state index is 0.0659. The summed E-state index contributed by atoms with van der Waals surface area (Å²) in [5.74, 6) is 0.598. The lowest BCUT2D eigenvalue weighted by Gasteiger charge is -2.07. The highest BCUT2D eigenvalue weighted by Gasteiger charge is 2.18. The van der Waals surface area contributed by atoms with Gasteiger partial charge in [-0.3, -0.25) is 15.1 Å². The van der Waals surface area contributed by atoms with Crippen LogP contribution in [0.25, 0.3) is 22.8 Å². The van der Waals surface area contributed by atoms with Crippen molar-refractivity contribution in [3.8, 4) is 22.8 Å². The number of nitrogens with one attached hydrogen (secondary N) is 1. The molecule has 128 valence electrons. The van der Waals surface area contributed by atoms with Crippen molar-refractivity contribution in [3.63, 3.8) is 0 Å². The average Bonchev–Trinajstić information content (AvgIpc) is 3.13. The number of pyridine rings is 1. The predicted molar refractivity (Wildman–Crippen MR) is 90.0 cm³/mol. The third kappa shape index (κ3) is 3.78. The summed E-state index contributed by atoms with van der Waals surface area (Å²) in [7, 11) is 1.57. The summed E-state index contributed by atoms with van der Waals surface area (Å²) >= 11 is 0. The van der Waals surface area contributed by atoms with Crippen molar-refractivity contribution in [1.82, 2.24) is 15.1 Å². The van der Waals surface area contributed by atoms with Crippen LogP contribution in [-0.2, 0) is 4.74 Å². The first-order valence-corrected chi connectivity index (χ1v) is 7.45. The lowest BCUT2D eigenvalue weighted by Crippen LogP contribution is -2.09. The van der Waals surface area contributed by atoms with Gasteiger partial charge in [-0.15, -0.1) is 0 Å². The molecule has 3 aromatic rings. The molecule has 0 radical (unpaired) electrons. The normalized spacial score (nSPS) is 10.6. The van der Waals surface area contributed by atoms with Crippen molar-refractivity contribution in [2.45, 2.75) is 0 Å². The van der Waals surface area contributed by atoms with Crippen molar-refractivity contribution < 1.29 is 14.2 Å². The fourth-order valence-corrected chi connectivity index (χ4v) is 2.21. The number of hydrogen-bond donors (Lipinski definition) is 1. The van der Waals surface area contributed by atoms with Crippen molar-refractivity contribution in [3.05, 3.63) is 52.8 Å². The Balaban J connectivity index is 1.89. The van der Waals surface area contributed by atoms with Crippen LogP contribution in [0.2, 0.25) is 0 Å². The number of nitro groups is 1. The summed E-state index contributed by atoms with van der Waals surface area (Å²) in [6, 6.07) is 8.20. The highest BCUT2D eigenvalue weighted by molar-refractivity contribution is 5.71. The van der Waals surface area contributed by atoms with Crippen LogP contribution in [0.4, 0.5) is 11.4 Å². The van der Waals surface area contributed by atoms with E-state index >= 15 is 0 Å². The highest BCUT2D eigenvalue weighted by Crippen LogP contribution is 2.30. The molecule has 0 saturated carbocycles. The molecule has 2 aromatic heterocycles. The molecule has 0 fully saturated rings. The Morgan fingerprint density at radius 2 is 2.04 bits per heavy atom. The topological polar surface area (TPSA) is 116 Å². The molecule has 0 atom stereocenters. The van der Waals surface area contributed by atoms with Gasteiger partial charge < -0.3 is 14.6 Å². The van der Waals surface area contributed by atoms with Gasteiger partial charge in [0.05, 0.1) is 11.5 Å². The molecule has 25 heavy (non-hydrogen) atoms. The third-order valence-electron chi connectivity index (χ3n) is 3.43. The second-order valence-corrected chi connectivity index (χ2v) is 5.07. The first-order chi connectivity index (χ1) is 12.2. The maximum absolute atomic E-state index is 11.3. The van der Waals surface area contributed by atoms with E-state index in [9.17, 15) is 10.1 Å². The summed E-state index contributed by atoms with van der Waals surface area (Å²) in [5.41, 5.74) is 1.56. The van der Waals surface area contributed by atoms with Gasteiger partial charge in [-0.1, -0.05) is 5.16 Å². The standard InChI is InChI=1S/C16H15N5O4/c1-24-9-8-18-13-3-2-12(10-14(13)21(22)23)15-19-16(25-20-15)11-4-6-17-7-5-11/h2-7,10,18H,8-9H2,1H3. The molecule has 1 aromatic carbocycles. The molecule has 0 unspecified atom stereocenters. The molecule has 0 saturated heterocycles. The summed E-state index contributed by atoms with van der Waals surface area (Å²) in [4.78, 5) is 19.1. The summed E-state index contributed by atoms with van der Waals surface area (Å²) in [6.07, 6.45) is 3.23. The number of aromatic nitrogens is 3. The second kappa shape index (κ2) is 7.49. The van der Waals surface area contributed by atoms with E-state index in [2.05, 4.69) is 20.4 Å². The van der Waals surface area contributed by atoms with Crippen LogP contribution < -0.4 is 5.32 Å². The van der Waals surface area contributed by atoms with Gasteiger partial charge in [0.1, 0.15) is 5.69 Å². The molecule has 0 aliphatic carbocycles. The van der Waals surface area contributed by atoms with Gasteiger partial charge in [-0.2, -0.15) is 4.98 Å². The molecule has 1 N–H and O–H groups in total. The fourth-order valence-electron chi connectivity index (χ4n) is 2.21. The number of nitrogens with zero attached hydrogens (tertiary/aromatic N) is 4. The molecule has 0 bridgehead atoms. The number of anilines is 1. The van der Waals surface area contributed by atoms with E-state index in [0.717, 1.165) is 5.56 Å². The van der Waals surface area contributed by atoms with Crippen molar-refractivity contribution in [2.75, 3.05) is 25.6 Å². The molecule has 0 amide bonds. The molecule has 0 aliphatic rings. The monoisotopic (exact) mass is 341 g/mol. The number of nitro benzene ring substituents is 1. The van der Waals surface area contributed by atoms with Gasteiger partial charge in [0.2, 0.25) is 5.82 Å². The lowest BCUT2D eigenvalue weighted by molar-refractivity contribution is -0.383. The van der Waals surface area contributed by atoms with Crippen LogP contribution >= 0.6 is 0 Å². The smallest absolute Gasteiger partial charge is 0.293 e. The van der Waals surface area contributed by atoms with Crippen LogP contribution in [0.5, 0.6) is 0 Å². The molecule has 9 heteroatoms. The number of methoxy groups -OCH3 is 1. The summed E-state index contributed by atoms with van der Waals surface area (Å²) in [6.45, 7) is 0.907. The zero-order chi connectivity index (χ0) is 17.6. The van der Waals surface area contributed by atoms with Crippen LogP contribution in [0.15, 0.2) is 47.2 Å². The lowest BCUT2D eigenvalue weighted by atomic mass is 10.1. The SMILES string of the molecule is COCCNc1ccc(-c2noc(-c3ccncc3)n2)cc1[N+](=O)[O-]. The van der Waals surface area contributed by atoms with Crippen LogP contribution in [0, 0.1) is 10.1 Å². The number of benzene rings is 1. The zero-order valence-corrected chi connectivity index (χ0v) is 13.4. The Hall–Kier alpha value is -3.33. The minimum atomic E-state index is -0.456. The first-order valence-electron chi connectivity index (χ1n) is 7.45. The summed E-state index contributed by atoms with van der Waals surface area (Å²) < 4.78 is 10.2. The molecule has 2 heterocycles. The number of hydrogen-bond acceptors (Lipinski definition) is 8. The predicted octanol–water partition coefficient (Wildman–Crippen LogP) is 2.77. The first kappa shape index (κ1) is 16.5. The average molecular weight is 341 g/mol. The molecule has 0 spiro atoms. The number of ether oxygens (including phenoxy) is 1. The molecular weight excluding hydrogens is 326 g/mol. The van der Waals surface area contributed by atoms with Gasteiger partial charge >= 0.3 is 0 Å². The van der Waals surface area contributed by atoms with Gasteiger partial charge in [0.25, 0.3) is 11.6 Å². The van der Waals surface area contributed by atoms with Gasteiger partial charge in [-0.05, 0) is 24.3 Å². The van der Waals surface area contributed by atoms with Gasteiger partial charge in [0.15, 0.2) is 0 Å². The Labute approximate surface area is 142 Å². The zero-order valence-electron chi connectivity index (χ0n) is 13.4. The van der Waals surface area contributed by atoms with E-state index in [1.165, 1.54) is 6.07 Å². The molecular formula is C16H15N5O4. The van der Waals surface area contributed by atoms with Gasteiger partial charge in [-0.25, -0.2) is 0 Å². The fraction of sp³-hybridized carbons (Fsp3) is 0.188. The van der Waals surface area contributed by atoms with Crippen molar-refractivity contribution in [2.24, 2.45) is 0 Å². The van der Waals surface area contributed by atoms with E-state index in [4.69, 9.17) is 9.26 Å². The molecule has 9 nitrogen and oxygen atoms in total. The third-order valence-corrected chi connectivity index (χ3v) is 3.43. The quantitative estimate of drug-likeness (QED) is 0.396. The largest absolute Gasteiger partial charge is 0.383 e. The summed E-state index contributed by atoms with van der Waals surface area (Å²) in [5, 5.41) is 18.2. The Kier molecular flexibility index (Phi) is 4.95. The van der Waals surface area contributed by atoms with Crippen LogP contribution in [0.1, 0.15) is 0 Å². The van der Waals surface area contributed by atoms with E-state index in [-0.39, 0.29) is 11.5 Å². The maximum atomic E-state index is 11.3. The Morgan fingerprint density at radius 3 is 2.76 bits per heavy atom. The highest BCUT2D eigenvalue weighted by atomic mass is 16.6. The Bertz CT molecular complexity index is 866. The van der Waals surface area contributed by atoms with Crippen LogP contribution in [0.3, 0.4) is 0 Å². The molecule has 0 aliphatic heterocycles. The van der Waals surface area contributed by atoms with E-state index < -0.39 is 4.92 Å². The minimum Gasteiger partial charge on any atom is -0.383 e. The second-order valence-electron chi connectivity index (χ2n) is 5.07. The maximum Gasteiger partial charge on any atom is 0.293 e. The van der Waals surface area contributed by atoms with Crippen LogP contribution in [-0.4, -0.2) is 40.3 Å². The van der Waals surface area contributed by atoms with E-state index in [0.29, 0.717) is 30.3 Å². The van der Waals surface area contributed by atoms with Crippen molar-refractivity contribution in [1.29, 1.82) is 0 Å². The van der Waals surface area contributed by atoms with Crippen molar-refractivity contribution >= 4 is 11.4 Å². The molecule has 3 rings (SSSR count). The van der Waals surface area contributed by atoms with E-state index in [1.54, 1.807) is 43.8 Å². The number of rotatable bonds is 7. The van der Waals surface area contributed by atoms with Gasteiger partial charge in [0, 0.05) is 43.2 Å². The van der Waals surface area contributed by atoms with E-state index in [1.807, 2.05) is 0 Å². The Morgan fingerprint density at radius 1 is 1.24 bits per heavy atom.